The number of hydrogen-bond acceptors (Lipinski definition) is 8. The van der Waals surface area contributed by atoms with Gasteiger partial charge < -0.3 is 33.0 Å². The lowest BCUT2D eigenvalue weighted by Gasteiger charge is -2.40. The van der Waals surface area contributed by atoms with Crippen LogP contribution in [0.25, 0.3) is 77.4 Å². The first kappa shape index (κ1) is 48.3. The minimum absolute atomic E-state index is 0.233. The molecule has 0 amide bonds. The van der Waals surface area contributed by atoms with Crippen LogP contribution in [0.4, 0.5) is 0 Å². The van der Waals surface area contributed by atoms with E-state index in [9.17, 15) is 0 Å². The van der Waals surface area contributed by atoms with Gasteiger partial charge in [0.25, 0.3) is 0 Å². The van der Waals surface area contributed by atoms with Gasteiger partial charge in [-0.05, 0) is 117 Å². The number of fused-ring (bicyclic) bond motifs is 7. The third-order valence-electron chi connectivity index (χ3n) is 15.3. The van der Waals surface area contributed by atoms with E-state index in [0.717, 1.165) is 181 Å². The zero-order valence-electron chi connectivity index (χ0n) is 42.1. The summed E-state index contributed by atoms with van der Waals surface area (Å²) in [6, 6.07) is 47.8. The third kappa shape index (κ3) is 10.1. The number of para-hydroxylation sites is 2. The van der Waals surface area contributed by atoms with Gasteiger partial charge in [-0.15, -0.1) is 0 Å². The van der Waals surface area contributed by atoms with Crippen molar-refractivity contribution >= 4 is 54.5 Å². The molecule has 2 fully saturated rings. The van der Waals surface area contributed by atoms with Crippen molar-refractivity contribution in [2.75, 3.05) is 66.1 Å². The Kier molecular flexibility index (Phi) is 14.8. The molecule has 10 heteroatoms. The van der Waals surface area contributed by atoms with Gasteiger partial charge in [-0.25, -0.2) is 9.97 Å². The highest BCUT2D eigenvalue weighted by molar-refractivity contribution is 6.19. The van der Waals surface area contributed by atoms with Crippen LogP contribution >= 0.6 is 0 Å². The molecule has 2 aliphatic rings. The van der Waals surface area contributed by atoms with Crippen molar-refractivity contribution in [3.8, 4) is 22.9 Å². The standard InChI is InChI=1S/C62H68N4O6/c1-3-61(41-71-42-61)39-69-31-17-7-15-29-67-37-45-25-27-55-50(33-45)52-36-58-53(35-57(52)65(55)48-21-11-6-12-22-48)51-34-46(38-68-30-16-8-18-32-70-40-62(4-2)43-72-44-62)26-28-56(51)66(58)60-63-54-24-14-13-23-49(54)59(64-60)47-19-9-5-10-20-47/h5-6,9-14,19-28,33-36H,3-4,7-8,15-18,29-32,37-44H2,1-2H3. The molecule has 0 atom stereocenters. The molecule has 0 radical (unpaired) electrons. The number of ether oxygens (including phenoxy) is 6. The van der Waals surface area contributed by atoms with Gasteiger partial charge in [0.2, 0.25) is 5.95 Å². The molecule has 72 heavy (non-hydrogen) atoms. The summed E-state index contributed by atoms with van der Waals surface area (Å²) < 4.78 is 40.4. The Labute approximate surface area is 423 Å². The van der Waals surface area contributed by atoms with E-state index in [1.807, 2.05) is 6.07 Å². The first-order valence-corrected chi connectivity index (χ1v) is 26.4. The summed E-state index contributed by atoms with van der Waals surface area (Å²) in [4.78, 5) is 10.8. The van der Waals surface area contributed by atoms with Gasteiger partial charge in [0, 0.05) is 75.4 Å². The molecular weight excluding hydrogens is 897 g/mol. The molecular formula is C62H68N4O6. The molecule has 0 unspecified atom stereocenters. The Morgan fingerprint density at radius 1 is 0.458 bits per heavy atom. The van der Waals surface area contributed by atoms with E-state index in [2.05, 4.69) is 150 Å². The normalized spacial score (nSPS) is 15.2. The lowest BCUT2D eigenvalue weighted by atomic mass is 9.84. The highest BCUT2D eigenvalue weighted by Gasteiger charge is 2.37. The largest absolute Gasteiger partial charge is 0.381 e. The molecule has 0 N–H and O–H groups in total. The van der Waals surface area contributed by atoms with Gasteiger partial charge in [0.05, 0.1) is 86.1 Å². The Bertz CT molecular complexity index is 3260. The monoisotopic (exact) mass is 965 g/mol. The predicted molar refractivity (Wildman–Crippen MR) is 289 cm³/mol. The molecule has 10 nitrogen and oxygen atoms in total. The molecule has 11 rings (SSSR count). The van der Waals surface area contributed by atoms with Gasteiger partial charge in [-0.3, -0.25) is 4.57 Å². The number of rotatable bonds is 25. The van der Waals surface area contributed by atoms with Crippen LogP contribution < -0.4 is 0 Å². The fraction of sp³-hybridized carbons (Fsp3) is 0.387. The van der Waals surface area contributed by atoms with E-state index in [1.165, 1.54) is 5.39 Å². The molecule has 9 aromatic rings. The summed E-state index contributed by atoms with van der Waals surface area (Å²) in [7, 11) is 0. The smallest absolute Gasteiger partial charge is 0.235 e. The number of benzene rings is 6. The van der Waals surface area contributed by atoms with Crippen LogP contribution in [0.3, 0.4) is 0 Å². The minimum Gasteiger partial charge on any atom is -0.381 e. The van der Waals surface area contributed by atoms with Gasteiger partial charge in [0.1, 0.15) is 0 Å². The first-order valence-electron chi connectivity index (χ1n) is 26.4. The van der Waals surface area contributed by atoms with Crippen LogP contribution in [0.15, 0.2) is 133 Å². The highest BCUT2D eigenvalue weighted by atomic mass is 16.5. The predicted octanol–water partition coefficient (Wildman–Crippen LogP) is 13.8. The highest BCUT2D eigenvalue weighted by Crippen LogP contribution is 2.41. The van der Waals surface area contributed by atoms with Gasteiger partial charge in [-0.1, -0.05) is 92.7 Å². The van der Waals surface area contributed by atoms with Crippen molar-refractivity contribution in [3.63, 3.8) is 0 Å². The van der Waals surface area contributed by atoms with Crippen LogP contribution in [0, 0.1) is 10.8 Å². The fourth-order valence-electron chi connectivity index (χ4n) is 10.5. The van der Waals surface area contributed by atoms with Gasteiger partial charge in [0.15, 0.2) is 0 Å². The molecule has 372 valence electrons. The van der Waals surface area contributed by atoms with E-state index >= 15 is 0 Å². The Hall–Kier alpha value is -5.98. The third-order valence-corrected chi connectivity index (χ3v) is 15.3. The number of nitrogens with zero attached hydrogens (tertiary/aromatic N) is 4. The Morgan fingerprint density at radius 2 is 0.944 bits per heavy atom. The second-order valence-corrected chi connectivity index (χ2v) is 20.4. The molecule has 0 bridgehead atoms. The summed E-state index contributed by atoms with van der Waals surface area (Å²) >= 11 is 0. The average molecular weight is 965 g/mol. The number of aromatic nitrogens is 4. The second kappa shape index (κ2) is 22.0. The number of hydrogen-bond donors (Lipinski definition) is 0. The maximum Gasteiger partial charge on any atom is 0.235 e. The summed E-state index contributed by atoms with van der Waals surface area (Å²) in [6.45, 7) is 13.4. The van der Waals surface area contributed by atoms with Crippen LogP contribution in [0.2, 0.25) is 0 Å². The average Bonchev–Trinajstić information content (AvgIpc) is 3.89. The van der Waals surface area contributed by atoms with Crippen molar-refractivity contribution < 1.29 is 28.4 Å². The van der Waals surface area contributed by atoms with Gasteiger partial charge in [-0.2, -0.15) is 0 Å². The van der Waals surface area contributed by atoms with Crippen molar-refractivity contribution in [1.82, 2.24) is 19.1 Å². The zero-order valence-corrected chi connectivity index (χ0v) is 42.1. The van der Waals surface area contributed by atoms with Crippen molar-refractivity contribution in [1.29, 1.82) is 0 Å². The van der Waals surface area contributed by atoms with E-state index in [0.29, 0.717) is 32.4 Å². The van der Waals surface area contributed by atoms with E-state index in [-0.39, 0.29) is 10.8 Å². The minimum atomic E-state index is 0.233. The molecule has 3 aromatic heterocycles. The van der Waals surface area contributed by atoms with Gasteiger partial charge >= 0.3 is 0 Å². The lowest BCUT2D eigenvalue weighted by Crippen LogP contribution is -2.45. The van der Waals surface area contributed by atoms with Crippen molar-refractivity contribution in [2.24, 2.45) is 10.8 Å². The lowest BCUT2D eigenvalue weighted by molar-refractivity contribution is -0.150. The van der Waals surface area contributed by atoms with Crippen LogP contribution in [0.1, 0.15) is 76.3 Å². The Morgan fingerprint density at radius 3 is 1.49 bits per heavy atom. The molecule has 0 aliphatic carbocycles. The van der Waals surface area contributed by atoms with E-state index in [1.54, 1.807) is 0 Å². The quantitative estimate of drug-likeness (QED) is 0.0523. The topological polar surface area (TPSA) is 91.0 Å². The first-order chi connectivity index (χ1) is 35.5. The summed E-state index contributed by atoms with van der Waals surface area (Å²) in [6.07, 6.45) is 8.46. The van der Waals surface area contributed by atoms with E-state index < -0.39 is 0 Å². The van der Waals surface area contributed by atoms with Crippen molar-refractivity contribution in [3.05, 3.63) is 145 Å². The molecule has 2 aliphatic heterocycles. The maximum absolute atomic E-state index is 6.36. The molecule has 6 aromatic carbocycles. The van der Waals surface area contributed by atoms with Crippen LogP contribution in [-0.4, -0.2) is 85.2 Å². The molecule has 0 saturated carbocycles. The van der Waals surface area contributed by atoms with E-state index in [4.69, 9.17) is 38.4 Å². The van der Waals surface area contributed by atoms with Crippen LogP contribution in [0.5, 0.6) is 0 Å². The summed E-state index contributed by atoms with van der Waals surface area (Å²) in [5, 5.41) is 5.62. The molecule has 2 saturated heterocycles. The SMILES string of the molecule is CCC1(COCCCCCOCc2ccc3c(c2)c2cc4c(cc2n3-c2ccccc2)c2cc(COCCCCCOCC3(CC)COC3)ccc2n4-c2nc(-c3ccccc3)c3ccccc3n2)COC1. The molecule has 0 spiro atoms. The summed E-state index contributed by atoms with van der Waals surface area (Å²) in [5.41, 5.74) is 11.1. The second-order valence-electron chi connectivity index (χ2n) is 20.4. The summed E-state index contributed by atoms with van der Waals surface area (Å²) in [5.74, 6) is 0.635. The fourth-order valence-corrected chi connectivity index (χ4v) is 10.5. The zero-order chi connectivity index (χ0) is 48.7. The number of unbranched alkanes of at least 4 members (excludes halogenated alkanes) is 4. The van der Waals surface area contributed by atoms with Crippen LogP contribution in [-0.2, 0) is 41.6 Å². The van der Waals surface area contributed by atoms with Crippen molar-refractivity contribution in [2.45, 2.75) is 78.4 Å². The Balaban J connectivity index is 0.903. The maximum atomic E-state index is 6.36. The molecule has 5 heterocycles.